The van der Waals surface area contributed by atoms with Crippen molar-refractivity contribution in [3.8, 4) is 11.3 Å². The van der Waals surface area contributed by atoms with E-state index in [0.717, 1.165) is 0 Å². The van der Waals surface area contributed by atoms with Crippen molar-refractivity contribution in [1.82, 2.24) is 15.4 Å². The van der Waals surface area contributed by atoms with Crippen LogP contribution in [0.1, 0.15) is 0 Å². The Morgan fingerprint density at radius 1 is 1.64 bits per heavy atom. The molecule has 8 heteroatoms. The lowest BCUT2D eigenvalue weighted by molar-refractivity contribution is -0.388. The Kier molecular flexibility index (Phi) is 1.67. The van der Waals surface area contributed by atoms with E-state index < -0.39 is 4.92 Å². The van der Waals surface area contributed by atoms with Crippen LogP contribution in [-0.4, -0.2) is 20.3 Å². The van der Waals surface area contributed by atoms with Crippen molar-refractivity contribution in [3.05, 3.63) is 22.4 Å². The Morgan fingerprint density at radius 2 is 2.43 bits per heavy atom. The van der Waals surface area contributed by atoms with Crippen LogP contribution in [0.15, 0.2) is 16.8 Å². The first-order chi connectivity index (χ1) is 6.68. The summed E-state index contributed by atoms with van der Waals surface area (Å²) in [6.45, 7) is 0. The number of nitrogen functional groups attached to an aromatic ring is 1. The van der Waals surface area contributed by atoms with E-state index in [9.17, 15) is 10.1 Å². The molecule has 0 aliphatic heterocycles. The van der Waals surface area contributed by atoms with Gasteiger partial charge < -0.3 is 20.4 Å². The summed E-state index contributed by atoms with van der Waals surface area (Å²) < 4.78 is 4.59. The first kappa shape index (κ1) is 8.23. The maximum Gasteiger partial charge on any atom is 0.352 e. The molecule has 0 aliphatic rings. The molecule has 2 aromatic rings. The van der Waals surface area contributed by atoms with Crippen molar-refractivity contribution in [1.29, 1.82) is 0 Å². The van der Waals surface area contributed by atoms with Crippen molar-refractivity contribution in [2.24, 2.45) is 0 Å². The molecule has 0 saturated carbocycles. The van der Waals surface area contributed by atoms with Crippen LogP contribution in [0.4, 0.5) is 11.7 Å². The van der Waals surface area contributed by atoms with Gasteiger partial charge in [0.25, 0.3) is 0 Å². The van der Waals surface area contributed by atoms with Gasteiger partial charge in [0.1, 0.15) is 11.3 Å². The summed E-state index contributed by atoms with van der Waals surface area (Å²) in [7, 11) is 0. The smallest absolute Gasteiger partial charge is 0.352 e. The van der Waals surface area contributed by atoms with Gasteiger partial charge in [-0.2, -0.15) is 0 Å². The van der Waals surface area contributed by atoms with Crippen LogP contribution in [0.25, 0.3) is 11.3 Å². The van der Waals surface area contributed by atoms with E-state index in [2.05, 4.69) is 19.9 Å². The highest BCUT2D eigenvalue weighted by Gasteiger charge is 2.19. The van der Waals surface area contributed by atoms with E-state index >= 15 is 0 Å². The third-order valence-electron chi connectivity index (χ3n) is 1.61. The van der Waals surface area contributed by atoms with Crippen molar-refractivity contribution in [3.63, 3.8) is 0 Å². The second-order valence-electron chi connectivity index (χ2n) is 2.50. The molecule has 2 rings (SSSR count). The van der Waals surface area contributed by atoms with E-state index in [-0.39, 0.29) is 23.0 Å². The average Bonchev–Trinajstić information content (AvgIpc) is 2.70. The number of nitrogens with one attached hydrogen (secondary N) is 1. The van der Waals surface area contributed by atoms with E-state index in [1.165, 1.54) is 12.3 Å². The molecular weight excluding hydrogens is 190 g/mol. The summed E-state index contributed by atoms with van der Waals surface area (Å²) in [5.41, 5.74) is 5.81. The molecule has 0 atom stereocenters. The molecule has 0 radical (unpaired) electrons. The number of nitrogens with zero attached hydrogens (tertiary/aromatic N) is 3. The van der Waals surface area contributed by atoms with Gasteiger partial charge in [0.15, 0.2) is 0 Å². The number of aromatic amines is 1. The van der Waals surface area contributed by atoms with E-state index in [0.29, 0.717) is 0 Å². The second-order valence-corrected chi connectivity index (χ2v) is 2.50. The molecule has 2 aromatic heterocycles. The topological polar surface area (TPSA) is 124 Å². The minimum atomic E-state index is -0.590. The average molecular weight is 195 g/mol. The quantitative estimate of drug-likeness (QED) is 0.532. The molecule has 2 heterocycles. The molecule has 0 aromatic carbocycles. The molecule has 0 fully saturated rings. The number of aromatic nitrogens is 3. The highest BCUT2D eigenvalue weighted by Crippen LogP contribution is 2.27. The van der Waals surface area contributed by atoms with Crippen LogP contribution in [0, 0.1) is 10.1 Å². The third-order valence-corrected chi connectivity index (χ3v) is 1.61. The summed E-state index contributed by atoms with van der Waals surface area (Å²) in [5, 5.41) is 19.8. The molecule has 14 heavy (non-hydrogen) atoms. The van der Waals surface area contributed by atoms with Gasteiger partial charge >= 0.3 is 5.82 Å². The van der Waals surface area contributed by atoms with Gasteiger partial charge in [-0.1, -0.05) is 10.3 Å². The lowest BCUT2D eigenvalue weighted by atomic mass is 10.2. The Balaban J connectivity index is 2.51. The fourth-order valence-corrected chi connectivity index (χ4v) is 1.02. The highest BCUT2D eigenvalue weighted by atomic mass is 16.6. The van der Waals surface area contributed by atoms with Crippen LogP contribution >= 0.6 is 0 Å². The van der Waals surface area contributed by atoms with Crippen molar-refractivity contribution in [2.45, 2.75) is 0 Å². The Morgan fingerprint density at radius 3 is 3.00 bits per heavy atom. The Hall–Kier alpha value is -2.38. The van der Waals surface area contributed by atoms with Gasteiger partial charge in [-0.3, -0.25) is 0 Å². The minimum Gasteiger partial charge on any atom is -0.368 e. The standard InChI is InChI=1S/C6H5N5O3/c7-5-1-4(10-14-5)3-2-8-9-6(3)11(12)13/h1-2H,7H2,(H,8,9). The fraction of sp³-hybridized carbons (Fsp3) is 0. The van der Waals surface area contributed by atoms with Crippen LogP contribution < -0.4 is 5.73 Å². The number of nitrogens with two attached hydrogens (primary N) is 1. The van der Waals surface area contributed by atoms with Crippen molar-refractivity contribution >= 4 is 11.7 Å². The third kappa shape index (κ3) is 1.18. The van der Waals surface area contributed by atoms with Crippen molar-refractivity contribution < 1.29 is 9.45 Å². The molecule has 8 nitrogen and oxygen atoms in total. The van der Waals surface area contributed by atoms with E-state index in [4.69, 9.17) is 5.73 Å². The minimum absolute atomic E-state index is 0.0931. The largest absolute Gasteiger partial charge is 0.368 e. The molecule has 3 N–H and O–H groups in total. The Labute approximate surface area is 76.8 Å². The van der Waals surface area contributed by atoms with Gasteiger partial charge in [-0.25, -0.2) is 0 Å². The normalized spacial score (nSPS) is 10.3. The summed E-state index contributed by atoms with van der Waals surface area (Å²) in [6.07, 6.45) is 1.29. The number of anilines is 1. The van der Waals surface area contributed by atoms with Crippen LogP contribution in [0.5, 0.6) is 0 Å². The monoisotopic (exact) mass is 195 g/mol. The predicted molar refractivity (Wildman–Crippen MR) is 45.2 cm³/mol. The summed E-state index contributed by atoms with van der Waals surface area (Å²) >= 11 is 0. The molecular formula is C6H5N5O3. The predicted octanol–water partition coefficient (Wildman–Crippen LogP) is 0.555. The van der Waals surface area contributed by atoms with Crippen LogP contribution in [-0.2, 0) is 0 Å². The maximum absolute atomic E-state index is 10.5. The molecule has 0 spiro atoms. The fourth-order valence-electron chi connectivity index (χ4n) is 1.02. The zero-order valence-corrected chi connectivity index (χ0v) is 6.80. The first-order valence-corrected chi connectivity index (χ1v) is 3.59. The van der Waals surface area contributed by atoms with Crippen molar-refractivity contribution in [2.75, 3.05) is 5.73 Å². The number of hydrogen-bond donors (Lipinski definition) is 2. The van der Waals surface area contributed by atoms with Crippen LogP contribution in [0.2, 0.25) is 0 Å². The van der Waals surface area contributed by atoms with E-state index in [1.807, 2.05) is 0 Å². The molecule has 0 bridgehead atoms. The second kappa shape index (κ2) is 2.83. The number of rotatable bonds is 2. The molecule has 0 amide bonds. The zero-order chi connectivity index (χ0) is 10.1. The first-order valence-electron chi connectivity index (χ1n) is 3.59. The summed E-state index contributed by atoms with van der Waals surface area (Å²) in [5.74, 6) is -0.145. The number of H-pyrrole nitrogens is 1. The van der Waals surface area contributed by atoms with Gasteiger partial charge in [0.2, 0.25) is 5.88 Å². The summed E-state index contributed by atoms with van der Waals surface area (Å²) in [4.78, 5) is 9.92. The molecule has 0 saturated heterocycles. The maximum atomic E-state index is 10.5. The SMILES string of the molecule is Nc1cc(-c2cn[nH]c2[N+](=O)[O-])no1. The number of hydrogen-bond acceptors (Lipinski definition) is 6. The Bertz CT molecular complexity index is 473. The number of nitro groups is 1. The van der Waals surface area contributed by atoms with Gasteiger partial charge in [0, 0.05) is 6.07 Å². The van der Waals surface area contributed by atoms with Gasteiger partial charge in [-0.05, 0) is 4.92 Å². The zero-order valence-electron chi connectivity index (χ0n) is 6.80. The lowest BCUT2D eigenvalue weighted by Crippen LogP contribution is -1.90. The molecule has 0 unspecified atom stereocenters. The molecule has 0 aliphatic carbocycles. The van der Waals surface area contributed by atoms with Crippen LogP contribution in [0.3, 0.4) is 0 Å². The van der Waals surface area contributed by atoms with Gasteiger partial charge in [-0.15, -0.1) is 5.10 Å². The summed E-state index contributed by atoms with van der Waals surface area (Å²) in [6, 6.07) is 1.39. The lowest BCUT2D eigenvalue weighted by Gasteiger charge is -1.90. The van der Waals surface area contributed by atoms with Gasteiger partial charge in [0.05, 0.1) is 6.20 Å². The van der Waals surface area contributed by atoms with E-state index in [1.54, 1.807) is 0 Å². The molecule has 72 valence electrons. The highest BCUT2D eigenvalue weighted by molar-refractivity contribution is 5.68.